The maximum atomic E-state index is 13.1. The number of sulfone groups is 1. The molecular weight excluding hydrogens is 440 g/mol. The number of carbonyl (C=O) groups excluding carboxylic acids is 1. The van der Waals surface area contributed by atoms with E-state index in [1.54, 1.807) is 22.4 Å². The van der Waals surface area contributed by atoms with Gasteiger partial charge in [0, 0.05) is 11.6 Å². The Labute approximate surface area is 191 Å². The number of para-hydroxylation sites is 1. The third-order valence-corrected chi connectivity index (χ3v) is 7.25. The molecule has 1 N–H and O–H groups in total. The molecule has 1 saturated heterocycles. The number of amides is 1. The van der Waals surface area contributed by atoms with Crippen LogP contribution in [-0.2, 0) is 9.84 Å². The monoisotopic (exact) mass is 462 g/mol. The van der Waals surface area contributed by atoms with Crippen LogP contribution in [-0.4, -0.2) is 50.4 Å². The molecule has 2 aromatic carbocycles. The summed E-state index contributed by atoms with van der Waals surface area (Å²) in [7, 11) is -3.10. The second-order valence-corrected chi connectivity index (χ2v) is 10.2. The molecule has 1 atom stereocenters. The number of carbonyl (C=O) groups is 1. The number of aromatic nitrogens is 5. The summed E-state index contributed by atoms with van der Waals surface area (Å²) in [6.45, 7) is 1.80. The Balaban J connectivity index is 1.49. The normalized spacial score (nSPS) is 17.2. The Hall–Kier alpha value is -3.79. The lowest BCUT2D eigenvalue weighted by Crippen LogP contribution is -2.20. The van der Waals surface area contributed by atoms with Gasteiger partial charge in [-0.2, -0.15) is 5.10 Å². The number of aryl methyl sites for hydroxylation is 1. The Bertz CT molecular complexity index is 1350. The zero-order valence-electron chi connectivity index (χ0n) is 17.9. The van der Waals surface area contributed by atoms with E-state index in [9.17, 15) is 13.2 Å². The fraction of sp³-hybridized carbons (Fsp3) is 0.217. The van der Waals surface area contributed by atoms with Gasteiger partial charge in [-0.05, 0) is 25.5 Å². The topological polar surface area (TPSA) is 112 Å². The van der Waals surface area contributed by atoms with Crippen LogP contribution in [0.25, 0.3) is 17.1 Å². The van der Waals surface area contributed by atoms with Gasteiger partial charge in [0.25, 0.3) is 5.91 Å². The Morgan fingerprint density at radius 2 is 1.73 bits per heavy atom. The van der Waals surface area contributed by atoms with Gasteiger partial charge in [-0.1, -0.05) is 48.5 Å². The molecule has 2 aromatic heterocycles. The maximum Gasteiger partial charge on any atom is 0.296 e. The predicted octanol–water partition coefficient (Wildman–Crippen LogP) is 3.05. The minimum Gasteiger partial charge on any atom is -0.304 e. The number of rotatable bonds is 5. The second kappa shape index (κ2) is 8.28. The molecule has 33 heavy (non-hydrogen) atoms. The number of hydrogen-bond donors (Lipinski definition) is 1. The van der Waals surface area contributed by atoms with E-state index >= 15 is 0 Å². The van der Waals surface area contributed by atoms with E-state index in [4.69, 9.17) is 0 Å². The zero-order chi connectivity index (χ0) is 23.0. The lowest BCUT2D eigenvalue weighted by molar-refractivity contribution is 0.101. The largest absolute Gasteiger partial charge is 0.304 e. The van der Waals surface area contributed by atoms with Crippen LogP contribution >= 0.6 is 0 Å². The summed E-state index contributed by atoms with van der Waals surface area (Å²) in [5.74, 6) is 0.602. The van der Waals surface area contributed by atoms with Crippen molar-refractivity contribution >= 4 is 21.6 Å². The molecule has 3 heterocycles. The number of hydrogen-bond acceptors (Lipinski definition) is 6. The summed E-state index contributed by atoms with van der Waals surface area (Å²) in [6, 6.07) is 20.4. The van der Waals surface area contributed by atoms with E-state index in [0.29, 0.717) is 23.8 Å². The average Bonchev–Trinajstić information content (AvgIpc) is 3.51. The van der Waals surface area contributed by atoms with Crippen LogP contribution in [0.5, 0.6) is 0 Å². The van der Waals surface area contributed by atoms with Crippen molar-refractivity contribution in [1.29, 1.82) is 0 Å². The Morgan fingerprint density at radius 3 is 2.39 bits per heavy atom. The van der Waals surface area contributed by atoms with Crippen molar-refractivity contribution in [3.05, 3.63) is 78.2 Å². The highest BCUT2D eigenvalue weighted by molar-refractivity contribution is 7.91. The Morgan fingerprint density at radius 1 is 1.03 bits per heavy atom. The van der Waals surface area contributed by atoms with Crippen molar-refractivity contribution in [3.8, 4) is 17.1 Å². The summed E-state index contributed by atoms with van der Waals surface area (Å²) in [6.07, 6.45) is 0.464. The van der Waals surface area contributed by atoms with Crippen molar-refractivity contribution < 1.29 is 13.2 Å². The molecule has 168 valence electrons. The first-order valence-corrected chi connectivity index (χ1v) is 12.4. The van der Waals surface area contributed by atoms with Crippen LogP contribution in [0.4, 0.5) is 5.82 Å². The predicted molar refractivity (Wildman–Crippen MR) is 124 cm³/mol. The van der Waals surface area contributed by atoms with Gasteiger partial charge in [0.1, 0.15) is 5.82 Å². The molecule has 0 bridgehead atoms. The molecule has 0 saturated carbocycles. The van der Waals surface area contributed by atoms with Crippen molar-refractivity contribution in [2.24, 2.45) is 0 Å². The first-order chi connectivity index (χ1) is 15.9. The van der Waals surface area contributed by atoms with E-state index in [1.807, 2.05) is 60.7 Å². The number of nitrogens with zero attached hydrogens (tertiary/aromatic N) is 5. The number of benzene rings is 2. The molecule has 1 amide bonds. The molecule has 4 aromatic rings. The molecule has 10 heteroatoms. The zero-order valence-corrected chi connectivity index (χ0v) is 18.7. The summed E-state index contributed by atoms with van der Waals surface area (Å²) < 4.78 is 27.1. The van der Waals surface area contributed by atoms with Crippen molar-refractivity contribution in [1.82, 2.24) is 24.5 Å². The van der Waals surface area contributed by atoms with Gasteiger partial charge in [0.05, 0.1) is 28.9 Å². The van der Waals surface area contributed by atoms with Gasteiger partial charge in [0.15, 0.2) is 15.7 Å². The minimum absolute atomic E-state index is 0.00199. The lowest BCUT2D eigenvalue weighted by atomic mass is 10.2. The molecule has 1 aliphatic heterocycles. The molecule has 5 rings (SSSR count). The van der Waals surface area contributed by atoms with Gasteiger partial charge < -0.3 is 5.32 Å². The highest BCUT2D eigenvalue weighted by atomic mass is 32.2. The smallest absolute Gasteiger partial charge is 0.296 e. The fourth-order valence-electron chi connectivity index (χ4n) is 3.96. The molecule has 1 fully saturated rings. The van der Waals surface area contributed by atoms with Crippen molar-refractivity contribution in [2.75, 3.05) is 16.8 Å². The summed E-state index contributed by atoms with van der Waals surface area (Å²) in [5, 5.41) is 11.7. The van der Waals surface area contributed by atoms with Crippen LogP contribution in [0.1, 0.15) is 28.8 Å². The molecule has 0 aliphatic carbocycles. The first kappa shape index (κ1) is 21.1. The van der Waals surface area contributed by atoms with Crippen molar-refractivity contribution in [3.63, 3.8) is 0 Å². The average molecular weight is 463 g/mol. The van der Waals surface area contributed by atoms with Crippen molar-refractivity contribution in [2.45, 2.75) is 19.4 Å². The van der Waals surface area contributed by atoms with Crippen LogP contribution < -0.4 is 5.32 Å². The molecule has 9 nitrogen and oxygen atoms in total. The number of nitrogens with one attached hydrogen (secondary N) is 1. The maximum absolute atomic E-state index is 13.1. The quantitative estimate of drug-likeness (QED) is 0.488. The molecule has 1 aliphatic rings. The standard InChI is InChI=1S/C23H22N6O3S/c1-16-14-20(28(26-16)19-12-13-33(31,32)15-19)24-23(30)21-25-22(17-8-4-2-5-9-17)29(27-21)18-10-6-3-7-11-18/h2-11,14,19H,12-13,15H2,1H3,(H,24,30). The SMILES string of the molecule is Cc1cc(NC(=O)c2nc(-c3ccccc3)n(-c3ccccc3)n2)n(C2CCS(=O)(=O)C2)n1. The van der Waals surface area contributed by atoms with Gasteiger partial charge in [0.2, 0.25) is 5.82 Å². The van der Waals surface area contributed by atoms with Gasteiger partial charge in [-0.3, -0.25) is 4.79 Å². The third kappa shape index (κ3) is 4.29. The van der Waals surface area contributed by atoms with Crippen LogP contribution in [0.3, 0.4) is 0 Å². The highest BCUT2D eigenvalue weighted by Gasteiger charge is 2.31. The fourth-order valence-corrected chi connectivity index (χ4v) is 5.65. The van der Waals surface area contributed by atoms with Gasteiger partial charge in [-0.15, -0.1) is 5.10 Å². The number of anilines is 1. The summed E-state index contributed by atoms with van der Waals surface area (Å²) in [5.41, 5.74) is 2.28. The van der Waals surface area contributed by atoms with Gasteiger partial charge >= 0.3 is 0 Å². The second-order valence-electron chi connectivity index (χ2n) is 8.00. The lowest BCUT2D eigenvalue weighted by Gasteiger charge is -2.13. The first-order valence-electron chi connectivity index (χ1n) is 10.6. The minimum atomic E-state index is -3.10. The third-order valence-electron chi connectivity index (χ3n) is 5.50. The summed E-state index contributed by atoms with van der Waals surface area (Å²) in [4.78, 5) is 17.7. The van der Waals surface area contributed by atoms with Gasteiger partial charge in [-0.25, -0.2) is 22.8 Å². The molecule has 0 spiro atoms. The van der Waals surface area contributed by atoms with Crippen LogP contribution in [0.15, 0.2) is 66.7 Å². The molecular formula is C23H22N6O3S. The van der Waals surface area contributed by atoms with E-state index in [2.05, 4.69) is 20.5 Å². The van der Waals surface area contributed by atoms with E-state index in [-0.39, 0.29) is 23.4 Å². The molecule has 0 radical (unpaired) electrons. The summed E-state index contributed by atoms with van der Waals surface area (Å²) >= 11 is 0. The molecule has 1 unspecified atom stereocenters. The highest BCUT2D eigenvalue weighted by Crippen LogP contribution is 2.27. The van der Waals surface area contributed by atoms with Crippen LogP contribution in [0.2, 0.25) is 0 Å². The van der Waals surface area contributed by atoms with E-state index in [0.717, 1.165) is 11.3 Å². The van der Waals surface area contributed by atoms with E-state index < -0.39 is 15.7 Å². The Kier molecular flexibility index (Phi) is 5.29. The van der Waals surface area contributed by atoms with E-state index in [1.165, 1.54) is 0 Å². The van der Waals surface area contributed by atoms with Crippen LogP contribution in [0, 0.1) is 6.92 Å².